The molecule has 2 aromatic carbocycles. The van der Waals surface area contributed by atoms with E-state index in [1.165, 1.54) is 18.2 Å². The summed E-state index contributed by atoms with van der Waals surface area (Å²) < 4.78 is 58.2. The van der Waals surface area contributed by atoms with E-state index in [4.69, 9.17) is 25.8 Å². The molecule has 1 spiro atoms. The number of aromatic nitrogens is 2. The zero-order chi connectivity index (χ0) is 25.9. The molecule has 4 heterocycles. The van der Waals surface area contributed by atoms with Gasteiger partial charge in [0.2, 0.25) is 5.88 Å². The average molecular weight is 531 g/mol. The number of hydrogen-bond donors (Lipinski definition) is 0. The second-order valence-electron chi connectivity index (χ2n) is 9.27. The first kappa shape index (κ1) is 23.6. The Morgan fingerprint density at radius 1 is 1.24 bits per heavy atom. The normalized spacial score (nSPS) is 21.5. The Balaban J connectivity index is 1.19. The molecule has 37 heavy (non-hydrogen) atoms. The number of nitrogens with zero attached hydrogens (tertiary/aromatic N) is 4. The van der Waals surface area contributed by atoms with Crippen LogP contribution in [0.2, 0.25) is 5.02 Å². The second kappa shape index (κ2) is 8.39. The lowest BCUT2D eigenvalue weighted by Crippen LogP contribution is -2.46. The maximum absolute atomic E-state index is 13.2. The Hall–Kier alpha value is -3.75. The van der Waals surface area contributed by atoms with E-state index in [0.717, 1.165) is 24.4 Å². The van der Waals surface area contributed by atoms with Crippen molar-refractivity contribution >= 4 is 17.4 Å². The number of fused-ring (bicyclic) bond motifs is 3. The summed E-state index contributed by atoms with van der Waals surface area (Å²) in [5.41, 5.74) is -0.944. The van der Waals surface area contributed by atoms with Crippen LogP contribution in [0, 0.1) is 11.3 Å². The molecule has 190 valence electrons. The van der Waals surface area contributed by atoms with Gasteiger partial charge in [0.05, 0.1) is 40.9 Å². The highest BCUT2D eigenvalue weighted by Gasteiger charge is 2.56. The number of benzene rings is 2. The molecule has 3 aliphatic heterocycles. The molecule has 6 rings (SSSR count). The summed E-state index contributed by atoms with van der Waals surface area (Å²) >= 11 is 5.66. The summed E-state index contributed by atoms with van der Waals surface area (Å²) in [6.07, 6.45) is -3.60. The van der Waals surface area contributed by atoms with E-state index >= 15 is 0 Å². The quantitative estimate of drug-likeness (QED) is 0.479. The van der Waals surface area contributed by atoms with Gasteiger partial charge in [0.25, 0.3) is 0 Å². The third-order valence-corrected chi connectivity index (χ3v) is 7.20. The summed E-state index contributed by atoms with van der Waals surface area (Å²) in [6, 6.07) is 11.4. The minimum Gasteiger partial charge on any atom is -0.473 e. The molecule has 1 aromatic heterocycles. The Bertz CT molecular complexity index is 1520. The van der Waals surface area contributed by atoms with E-state index in [0.29, 0.717) is 25.3 Å². The van der Waals surface area contributed by atoms with E-state index in [2.05, 4.69) is 9.88 Å². The van der Waals surface area contributed by atoms with Gasteiger partial charge in [-0.15, -0.1) is 0 Å². The van der Waals surface area contributed by atoms with Crippen molar-refractivity contribution in [3.63, 3.8) is 0 Å². The molecule has 12 heteroatoms. The molecular formula is C25H18ClF3N4O4. The fourth-order valence-corrected chi connectivity index (χ4v) is 5.40. The highest BCUT2D eigenvalue weighted by molar-refractivity contribution is 6.31. The van der Waals surface area contributed by atoms with Crippen molar-refractivity contribution in [3.05, 3.63) is 74.7 Å². The predicted octanol–water partition coefficient (Wildman–Crippen LogP) is 4.52. The van der Waals surface area contributed by atoms with Crippen molar-refractivity contribution < 1.29 is 27.4 Å². The summed E-state index contributed by atoms with van der Waals surface area (Å²) in [7, 11) is 0. The molecule has 3 aliphatic rings. The molecule has 2 saturated heterocycles. The second-order valence-corrected chi connectivity index (χ2v) is 9.67. The number of hydrogen-bond acceptors (Lipinski definition) is 7. The van der Waals surface area contributed by atoms with Crippen molar-refractivity contribution in [2.45, 2.75) is 37.4 Å². The molecular weight excluding hydrogens is 513 g/mol. The van der Waals surface area contributed by atoms with Crippen LogP contribution in [-0.4, -0.2) is 34.3 Å². The first-order chi connectivity index (χ1) is 17.6. The lowest BCUT2D eigenvalue weighted by Gasteiger charge is -2.32. The fraction of sp³-hybridized carbons (Fsp3) is 0.320. The molecule has 0 radical (unpaired) electrons. The number of rotatable bonds is 5. The standard InChI is InChI=1S/C25H18ClF3N4O4/c26-19-3-2-16(6-18(19)25(27,28)29)37-20-4-1-14(5-15(20)9-30)11-35-21-7-22-32(23(34)31-21)12-24-8-17(36-13-24)10-33(22)24/h1-7,17H,8,10-13H2/t17-,24+/m0/s1. The highest BCUT2D eigenvalue weighted by atomic mass is 35.5. The topological polar surface area (TPSA) is 89.6 Å². The summed E-state index contributed by atoms with van der Waals surface area (Å²) in [5, 5.41) is 9.12. The summed E-state index contributed by atoms with van der Waals surface area (Å²) in [4.78, 5) is 18.9. The van der Waals surface area contributed by atoms with Crippen LogP contribution in [0.5, 0.6) is 17.4 Å². The number of halogens is 4. The molecule has 2 bridgehead atoms. The van der Waals surface area contributed by atoms with Crippen LogP contribution < -0.4 is 20.1 Å². The van der Waals surface area contributed by atoms with E-state index in [-0.39, 0.29) is 41.2 Å². The maximum atomic E-state index is 13.2. The highest BCUT2D eigenvalue weighted by Crippen LogP contribution is 2.46. The number of ether oxygens (including phenoxy) is 3. The molecule has 0 amide bonds. The fourth-order valence-electron chi connectivity index (χ4n) is 5.18. The first-order valence-corrected chi connectivity index (χ1v) is 11.7. The molecule has 2 fully saturated rings. The van der Waals surface area contributed by atoms with Gasteiger partial charge in [-0.2, -0.15) is 23.4 Å². The van der Waals surface area contributed by atoms with E-state index in [9.17, 15) is 23.2 Å². The molecule has 2 atom stereocenters. The van der Waals surface area contributed by atoms with Gasteiger partial charge in [-0.05, 0) is 35.9 Å². The van der Waals surface area contributed by atoms with Crippen LogP contribution in [0.3, 0.4) is 0 Å². The minimum atomic E-state index is -4.65. The number of morpholine rings is 1. The van der Waals surface area contributed by atoms with Crippen molar-refractivity contribution in [3.8, 4) is 23.4 Å². The van der Waals surface area contributed by atoms with E-state index in [1.807, 2.05) is 6.07 Å². The van der Waals surface area contributed by atoms with Gasteiger partial charge in [-0.1, -0.05) is 17.7 Å². The van der Waals surface area contributed by atoms with Gasteiger partial charge in [0.1, 0.15) is 30.0 Å². The first-order valence-electron chi connectivity index (χ1n) is 11.4. The van der Waals surface area contributed by atoms with Crippen molar-refractivity contribution in [2.24, 2.45) is 0 Å². The van der Waals surface area contributed by atoms with Crippen LogP contribution in [0.4, 0.5) is 19.0 Å². The van der Waals surface area contributed by atoms with Crippen LogP contribution in [-0.2, 0) is 24.1 Å². The minimum absolute atomic E-state index is 0.0148. The van der Waals surface area contributed by atoms with Gasteiger partial charge >= 0.3 is 11.9 Å². The van der Waals surface area contributed by atoms with Crippen LogP contribution >= 0.6 is 11.6 Å². The van der Waals surface area contributed by atoms with Crippen molar-refractivity contribution in [1.82, 2.24) is 9.55 Å². The van der Waals surface area contributed by atoms with Crippen molar-refractivity contribution in [1.29, 1.82) is 5.26 Å². The van der Waals surface area contributed by atoms with Gasteiger partial charge in [0, 0.05) is 19.0 Å². The van der Waals surface area contributed by atoms with Gasteiger partial charge < -0.3 is 19.1 Å². The Labute approximate surface area is 213 Å². The largest absolute Gasteiger partial charge is 0.473 e. The molecule has 0 unspecified atom stereocenters. The molecule has 0 aliphatic carbocycles. The van der Waals surface area contributed by atoms with Gasteiger partial charge in [-0.3, -0.25) is 4.57 Å². The summed E-state index contributed by atoms with van der Waals surface area (Å²) in [5.74, 6) is 0.881. The van der Waals surface area contributed by atoms with E-state index in [1.54, 1.807) is 16.7 Å². The zero-order valence-corrected chi connectivity index (χ0v) is 19.8. The van der Waals surface area contributed by atoms with E-state index < -0.39 is 22.5 Å². The predicted molar refractivity (Wildman–Crippen MR) is 125 cm³/mol. The summed E-state index contributed by atoms with van der Waals surface area (Å²) in [6.45, 7) is 1.85. The van der Waals surface area contributed by atoms with Crippen LogP contribution in [0.25, 0.3) is 0 Å². The third kappa shape index (κ3) is 4.06. The lowest BCUT2D eigenvalue weighted by molar-refractivity contribution is -0.137. The lowest BCUT2D eigenvalue weighted by atomic mass is 10.0. The van der Waals surface area contributed by atoms with Gasteiger partial charge in [-0.25, -0.2) is 4.79 Å². The SMILES string of the molecule is N#Cc1cc(COc2cc3n(c(=O)n2)C[C@]24CO[C@H](CN32)C4)ccc1Oc1ccc(Cl)c(C(F)(F)F)c1. The molecule has 8 nitrogen and oxygen atoms in total. The van der Waals surface area contributed by atoms with Gasteiger partial charge in [0.15, 0.2) is 0 Å². The number of nitriles is 1. The number of anilines is 1. The molecule has 3 aromatic rings. The van der Waals surface area contributed by atoms with Crippen LogP contribution in [0.15, 0.2) is 47.3 Å². The van der Waals surface area contributed by atoms with Crippen molar-refractivity contribution in [2.75, 3.05) is 18.1 Å². The van der Waals surface area contributed by atoms with Crippen LogP contribution in [0.1, 0.15) is 23.1 Å². The smallest absolute Gasteiger partial charge is 0.417 e. The maximum Gasteiger partial charge on any atom is 0.417 e. The Morgan fingerprint density at radius 2 is 2.08 bits per heavy atom. The molecule has 0 saturated carbocycles. The average Bonchev–Trinajstić information content (AvgIpc) is 3.52. The Kier molecular flexibility index (Phi) is 5.36. The molecule has 0 N–H and O–H groups in total. The monoisotopic (exact) mass is 530 g/mol. The zero-order valence-electron chi connectivity index (χ0n) is 19.1. The third-order valence-electron chi connectivity index (χ3n) is 6.87. The number of alkyl halides is 3. The Morgan fingerprint density at radius 3 is 2.84 bits per heavy atom.